The van der Waals surface area contributed by atoms with Crippen LogP contribution in [0.15, 0.2) is 0 Å². The fourth-order valence-corrected chi connectivity index (χ4v) is 0. The van der Waals surface area contributed by atoms with Crippen LogP contribution < -0.4 is 0 Å². The summed E-state index contributed by atoms with van der Waals surface area (Å²) in [6.07, 6.45) is 0. The molecule has 0 rings (SSSR count). The van der Waals surface area contributed by atoms with Crippen molar-refractivity contribution in [2.75, 3.05) is 0 Å². The van der Waals surface area contributed by atoms with Gasteiger partial charge in [-0.1, -0.05) is 0 Å². The normalized spacial score (nSPS) is 0. The zero-order chi connectivity index (χ0) is 0. The van der Waals surface area contributed by atoms with Crippen LogP contribution in [0.1, 0.15) is 0 Å². The van der Waals surface area contributed by atoms with Gasteiger partial charge in [-0.2, -0.15) is 0 Å². The van der Waals surface area contributed by atoms with E-state index in [1.165, 1.54) is 0 Å². The molecule has 0 aromatic heterocycles. The Morgan fingerprint density at radius 2 is 1.00 bits per heavy atom. The first-order valence-electron chi connectivity index (χ1n) is 0. The van der Waals surface area contributed by atoms with Gasteiger partial charge in [0, 0.05) is 35.0 Å². The van der Waals surface area contributed by atoms with Gasteiger partial charge in [-0.25, -0.2) is 0 Å². The summed E-state index contributed by atoms with van der Waals surface area (Å²) in [5, 5.41) is 0. The van der Waals surface area contributed by atoms with Gasteiger partial charge in [0.1, 0.15) is 0 Å². The van der Waals surface area contributed by atoms with Crippen molar-refractivity contribution in [2.24, 2.45) is 0 Å². The molecular weight excluding hydrogens is 404 g/mol. The van der Waals surface area contributed by atoms with Gasteiger partial charge in [-0.3, -0.25) is 0 Å². The van der Waals surface area contributed by atoms with E-state index in [2.05, 4.69) is 0 Å². The first-order chi connectivity index (χ1) is 0. The second-order valence-corrected chi connectivity index (χ2v) is 0. The molecule has 29 valence electrons. The minimum absolute atomic E-state index is 0. The van der Waals surface area contributed by atoms with Crippen molar-refractivity contribution in [1.29, 1.82) is 0 Å². The smallest absolute Gasteiger partial charge is 0 e. The summed E-state index contributed by atoms with van der Waals surface area (Å²) in [6.45, 7) is 0. The summed E-state index contributed by atoms with van der Waals surface area (Å²) in [7, 11) is 0. The summed E-state index contributed by atoms with van der Waals surface area (Å²) < 4.78 is 0. The number of rotatable bonds is 0. The molecule has 0 saturated carbocycles. The van der Waals surface area contributed by atoms with Crippen molar-refractivity contribution in [1.82, 2.24) is 0 Å². The zero-order valence-corrected chi connectivity index (χ0v) is 3.15. The average Bonchev–Trinajstić information content (AvgIpc) is 0. The van der Waals surface area contributed by atoms with Crippen molar-refractivity contribution in [3.63, 3.8) is 0 Å². The molecule has 0 atom stereocenters. The Kier molecular flexibility index (Phi) is 255. The number of hydrogen-bond donors (Lipinski definition) is 0. The van der Waals surface area contributed by atoms with Crippen LogP contribution in [0.4, 0.5) is 0 Å². The Morgan fingerprint density at radius 1 is 1.00 bits per heavy atom. The third-order valence-electron chi connectivity index (χ3n) is 0. The van der Waals surface area contributed by atoms with E-state index in [1.807, 2.05) is 0 Å². The van der Waals surface area contributed by atoms with E-state index in [9.17, 15) is 0 Å². The third-order valence-corrected chi connectivity index (χ3v) is 0. The fourth-order valence-electron chi connectivity index (χ4n) is 0. The van der Waals surface area contributed by atoms with E-state index in [0.29, 0.717) is 0 Å². The van der Waals surface area contributed by atoms with E-state index < -0.39 is 0 Å². The maximum absolute atomic E-state index is 0. The van der Waals surface area contributed by atoms with Crippen LogP contribution in [0.25, 0.3) is 0 Å². The second kappa shape index (κ2) is 37.7. The van der Waals surface area contributed by atoms with Gasteiger partial charge >= 0.3 is 194 Å². The van der Waals surface area contributed by atoms with Gasteiger partial charge in [0.05, 0.1) is 0 Å². The predicted molar refractivity (Wildman–Crippen MR) is 38.5 cm³/mol. The minimum atomic E-state index is 0. The van der Waals surface area contributed by atoms with E-state index in [0.717, 1.165) is 0 Å². The molecule has 0 aliphatic rings. The molecule has 0 heterocycles. The standard InChI is InChI=1S/Ba.K.Li.Na.Ni.Sr.V.7H. The number of hydrogen-bond acceptors (Lipinski definition) is 0. The van der Waals surface area contributed by atoms with Crippen LogP contribution in [0.3, 0.4) is 0 Å². The molecule has 0 fully saturated rings. The molecule has 0 unspecified atom stereocenters. The molecule has 0 aromatic carbocycles. The van der Waals surface area contributed by atoms with Crippen molar-refractivity contribution < 1.29 is 35.0 Å². The van der Waals surface area contributed by atoms with Crippen LogP contribution in [-0.4, -0.2) is 194 Å². The summed E-state index contributed by atoms with van der Waals surface area (Å²) >= 11 is 0. The average molecular weight is 411 g/mol. The largest absolute Gasteiger partial charge is 0 e. The van der Waals surface area contributed by atoms with Crippen molar-refractivity contribution in [3.05, 3.63) is 0 Å². The Balaban J connectivity index is 0. The molecule has 7 heavy (non-hydrogen) atoms. The molecule has 0 aliphatic heterocycles. The van der Waals surface area contributed by atoms with Gasteiger partial charge in [0.25, 0.3) is 0 Å². The van der Waals surface area contributed by atoms with E-state index in [1.54, 1.807) is 0 Å². The molecule has 7 heteroatoms. The van der Waals surface area contributed by atoms with Crippen LogP contribution in [0.5, 0.6) is 0 Å². The van der Waals surface area contributed by atoms with Gasteiger partial charge in [-0.05, 0) is 0 Å². The molecule has 0 aliphatic carbocycles. The van der Waals surface area contributed by atoms with Gasteiger partial charge < -0.3 is 0 Å². The van der Waals surface area contributed by atoms with E-state index >= 15 is 0 Å². The first-order valence-corrected chi connectivity index (χ1v) is 0. The third kappa shape index (κ3) is 31.8. The van der Waals surface area contributed by atoms with Crippen LogP contribution in [0, 0.1) is 0 Å². The molecular formula is H7BaKLiNaNiSrV. The maximum Gasteiger partial charge on any atom is 0 e. The minimum Gasteiger partial charge on any atom is 0 e. The summed E-state index contributed by atoms with van der Waals surface area (Å²) in [5.74, 6) is 0. The molecule has 0 amide bonds. The Hall–Kier alpha value is 7.36. The summed E-state index contributed by atoms with van der Waals surface area (Å²) in [5.41, 5.74) is 0. The maximum atomic E-state index is 0. The fraction of sp³-hybridized carbons (Fsp3) is 0. The predicted octanol–water partition coefficient (Wildman–Crippen LogP) is -3.78. The van der Waals surface area contributed by atoms with Crippen molar-refractivity contribution >= 4 is 194 Å². The summed E-state index contributed by atoms with van der Waals surface area (Å²) in [4.78, 5) is 0. The van der Waals surface area contributed by atoms with E-state index in [4.69, 9.17) is 0 Å². The van der Waals surface area contributed by atoms with Gasteiger partial charge in [0.2, 0.25) is 0 Å². The molecule has 0 bridgehead atoms. The summed E-state index contributed by atoms with van der Waals surface area (Å²) in [6, 6.07) is 0. The Labute approximate surface area is 221 Å². The van der Waals surface area contributed by atoms with E-state index in [-0.39, 0.29) is 229 Å². The zero-order valence-electron chi connectivity index (χ0n) is 0.763. The molecule has 0 nitrogen and oxygen atoms in total. The first kappa shape index (κ1) is 47.3. The quantitative estimate of drug-likeness (QED) is 0.360. The SMILES string of the molecule is [BaH2].[KH].[LiH].[NaH].[Ni].[SrH2].[V]. The molecule has 1 radical (unpaired) electrons. The molecule has 0 spiro atoms. The van der Waals surface area contributed by atoms with Crippen LogP contribution in [-0.2, 0) is 35.0 Å². The van der Waals surface area contributed by atoms with Crippen LogP contribution >= 0.6 is 0 Å². The molecule has 0 N–H and O–H groups in total. The monoisotopic (exact) mass is 411 g/mol. The molecule has 0 aromatic rings. The van der Waals surface area contributed by atoms with Gasteiger partial charge in [0.15, 0.2) is 0 Å². The topological polar surface area (TPSA) is 0 Å². The Morgan fingerprint density at radius 3 is 1.00 bits per heavy atom. The van der Waals surface area contributed by atoms with Gasteiger partial charge in [-0.15, -0.1) is 0 Å². The molecule has 0 saturated heterocycles. The van der Waals surface area contributed by atoms with Crippen LogP contribution in [0.2, 0.25) is 0 Å². The van der Waals surface area contributed by atoms with Crippen molar-refractivity contribution in [2.45, 2.75) is 0 Å². The Bertz CT molecular complexity index is 19.7. The second-order valence-electron chi connectivity index (χ2n) is 0. The van der Waals surface area contributed by atoms with Crippen molar-refractivity contribution in [3.8, 4) is 0 Å².